The molecule has 3 rings (SSSR count). The van der Waals surface area contributed by atoms with Gasteiger partial charge in [0, 0.05) is 29.1 Å². The molecule has 1 amide bonds. The fourth-order valence-corrected chi connectivity index (χ4v) is 4.62. The molecule has 5 heteroatoms. The van der Waals surface area contributed by atoms with E-state index in [-0.39, 0.29) is 5.91 Å². The van der Waals surface area contributed by atoms with Crippen LogP contribution in [0, 0.1) is 0 Å². The van der Waals surface area contributed by atoms with Crippen molar-refractivity contribution in [3.63, 3.8) is 0 Å². The van der Waals surface area contributed by atoms with Crippen LogP contribution in [0.15, 0.2) is 30.3 Å². The molecule has 3 nitrogen and oxygen atoms in total. The number of rotatable bonds is 2. The van der Waals surface area contributed by atoms with Crippen molar-refractivity contribution in [2.45, 2.75) is 12.2 Å². The Morgan fingerprint density at radius 3 is 2.95 bits per heavy atom. The quantitative estimate of drug-likeness (QED) is 0.865. The Balaban J connectivity index is 1.86. The first-order valence-electron chi connectivity index (χ1n) is 6.48. The minimum Gasteiger partial charge on any atom is -0.399 e. The van der Waals surface area contributed by atoms with Gasteiger partial charge >= 0.3 is 0 Å². The van der Waals surface area contributed by atoms with Gasteiger partial charge in [0.2, 0.25) is 0 Å². The Bertz CT molecular complexity index is 628. The fraction of sp³-hybridized carbons (Fsp3) is 0.267. The van der Waals surface area contributed by atoms with Gasteiger partial charge in [-0.3, -0.25) is 4.79 Å². The molecule has 1 aliphatic heterocycles. The van der Waals surface area contributed by atoms with Gasteiger partial charge in [-0.05, 0) is 42.0 Å². The molecule has 104 valence electrons. The Morgan fingerprint density at radius 2 is 2.20 bits per heavy atom. The van der Waals surface area contributed by atoms with Crippen LogP contribution in [0.5, 0.6) is 0 Å². The number of hydrogen-bond donors (Lipinski definition) is 1. The zero-order chi connectivity index (χ0) is 14.1. The molecular formula is C15H16N2OS2. The summed E-state index contributed by atoms with van der Waals surface area (Å²) >= 11 is 3.57. The van der Waals surface area contributed by atoms with Gasteiger partial charge < -0.3 is 10.6 Å². The summed E-state index contributed by atoms with van der Waals surface area (Å²) in [6.07, 6.45) is 1.08. The lowest BCUT2D eigenvalue weighted by Crippen LogP contribution is -2.25. The van der Waals surface area contributed by atoms with E-state index in [1.165, 1.54) is 10.4 Å². The van der Waals surface area contributed by atoms with Crippen LogP contribution < -0.4 is 10.6 Å². The van der Waals surface area contributed by atoms with Crippen molar-refractivity contribution >= 4 is 40.4 Å². The maximum atomic E-state index is 12.6. The molecule has 0 spiro atoms. The predicted octanol–water partition coefficient (Wildman–Crippen LogP) is 3.40. The Morgan fingerprint density at radius 1 is 1.35 bits per heavy atom. The van der Waals surface area contributed by atoms with Gasteiger partial charge in [-0.15, -0.1) is 11.3 Å². The van der Waals surface area contributed by atoms with Gasteiger partial charge in [-0.1, -0.05) is 6.07 Å². The van der Waals surface area contributed by atoms with E-state index in [1.54, 1.807) is 23.3 Å². The van der Waals surface area contributed by atoms with Crippen LogP contribution in [0.2, 0.25) is 0 Å². The fourth-order valence-electron chi connectivity index (χ4n) is 2.27. The van der Waals surface area contributed by atoms with Crippen LogP contribution in [0.25, 0.3) is 0 Å². The standard InChI is InChI=1S/C15H16N2OS2/c1-17(12-4-2-3-11(16)8-12)15(18)14-7-10-9-19-6-5-13(10)20-14/h2-4,7-8H,5-6,9,16H2,1H3. The highest BCUT2D eigenvalue weighted by atomic mass is 32.2. The second-order valence-electron chi connectivity index (χ2n) is 4.82. The minimum atomic E-state index is 0.0417. The summed E-state index contributed by atoms with van der Waals surface area (Å²) in [7, 11) is 1.80. The maximum Gasteiger partial charge on any atom is 0.268 e. The summed E-state index contributed by atoms with van der Waals surface area (Å²) in [4.78, 5) is 16.4. The van der Waals surface area contributed by atoms with Crippen LogP contribution in [0.3, 0.4) is 0 Å². The Labute approximate surface area is 126 Å². The third-order valence-corrected chi connectivity index (χ3v) is 5.63. The van der Waals surface area contributed by atoms with E-state index in [1.807, 2.05) is 36.0 Å². The summed E-state index contributed by atoms with van der Waals surface area (Å²) in [5, 5.41) is 0. The SMILES string of the molecule is CN(C(=O)c1cc2c(s1)CCSC2)c1cccc(N)c1. The van der Waals surface area contributed by atoms with Gasteiger partial charge in [0.15, 0.2) is 0 Å². The van der Waals surface area contributed by atoms with Crippen molar-refractivity contribution in [1.29, 1.82) is 0 Å². The topological polar surface area (TPSA) is 46.3 Å². The van der Waals surface area contributed by atoms with Crippen molar-refractivity contribution in [3.05, 3.63) is 45.6 Å². The minimum absolute atomic E-state index is 0.0417. The number of thiophene rings is 1. The Hall–Kier alpha value is -1.46. The van der Waals surface area contributed by atoms with Crippen molar-refractivity contribution in [2.24, 2.45) is 0 Å². The number of anilines is 2. The molecule has 0 aliphatic carbocycles. The number of thioether (sulfide) groups is 1. The highest BCUT2D eigenvalue weighted by Crippen LogP contribution is 2.32. The number of fused-ring (bicyclic) bond motifs is 1. The van der Waals surface area contributed by atoms with E-state index in [4.69, 9.17) is 5.73 Å². The lowest BCUT2D eigenvalue weighted by molar-refractivity contribution is 0.0997. The first-order chi connectivity index (χ1) is 9.65. The highest BCUT2D eigenvalue weighted by molar-refractivity contribution is 7.98. The molecule has 0 saturated carbocycles. The summed E-state index contributed by atoms with van der Waals surface area (Å²) in [6, 6.07) is 9.46. The molecular weight excluding hydrogens is 288 g/mol. The van der Waals surface area contributed by atoms with Gasteiger partial charge in [0.25, 0.3) is 5.91 Å². The number of amides is 1. The first kappa shape index (κ1) is 13.5. The first-order valence-corrected chi connectivity index (χ1v) is 8.45. The molecule has 0 unspecified atom stereocenters. The number of hydrogen-bond acceptors (Lipinski definition) is 4. The van der Waals surface area contributed by atoms with Crippen molar-refractivity contribution in [3.8, 4) is 0 Å². The van der Waals surface area contributed by atoms with E-state index in [0.717, 1.165) is 28.5 Å². The van der Waals surface area contributed by atoms with Crippen molar-refractivity contribution < 1.29 is 4.79 Å². The summed E-state index contributed by atoms with van der Waals surface area (Å²) < 4.78 is 0. The maximum absolute atomic E-state index is 12.6. The zero-order valence-corrected chi connectivity index (χ0v) is 12.9. The number of nitrogen functional groups attached to an aromatic ring is 1. The molecule has 20 heavy (non-hydrogen) atoms. The van der Waals surface area contributed by atoms with Crippen molar-refractivity contribution in [2.75, 3.05) is 23.4 Å². The van der Waals surface area contributed by atoms with Crippen molar-refractivity contribution in [1.82, 2.24) is 0 Å². The van der Waals surface area contributed by atoms with Gasteiger partial charge in [-0.2, -0.15) is 11.8 Å². The third-order valence-electron chi connectivity index (χ3n) is 3.40. The van der Waals surface area contributed by atoms with Crippen LogP contribution >= 0.6 is 23.1 Å². The van der Waals surface area contributed by atoms with E-state index in [0.29, 0.717) is 5.69 Å². The molecule has 1 aliphatic rings. The lowest BCUT2D eigenvalue weighted by Gasteiger charge is -2.16. The number of carbonyl (C=O) groups excluding carboxylic acids is 1. The molecule has 0 bridgehead atoms. The zero-order valence-electron chi connectivity index (χ0n) is 11.3. The number of aryl methyl sites for hydroxylation is 1. The van der Waals surface area contributed by atoms with Crippen LogP contribution in [-0.4, -0.2) is 18.7 Å². The van der Waals surface area contributed by atoms with E-state index in [2.05, 4.69) is 6.07 Å². The van der Waals surface area contributed by atoms with E-state index < -0.39 is 0 Å². The third kappa shape index (κ3) is 2.55. The van der Waals surface area contributed by atoms with Crippen LogP contribution in [0.1, 0.15) is 20.1 Å². The van der Waals surface area contributed by atoms with Crippen LogP contribution in [-0.2, 0) is 12.2 Å². The van der Waals surface area contributed by atoms with E-state index >= 15 is 0 Å². The summed E-state index contributed by atoms with van der Waals surface area (Å²) in [5.74, 6) is 2.23. The molecule has 2 heterocycles. The van der Waals surface area contributed by atoms with Gasteiger partial charge in [0.05, 0.1) is 4.88 Å². The second-order valence-corrected chi connectivity index (χ2v) is 7.06. The second kappa shape index (κ2) is 5.50. The molecule has 0 fully saturated rings. The predicted molar refractivity (Wildman–Crippen MR) is 87.8 cm³/mol. The van der Waals surface area contributed by atoms with Gasteiger partial charge in [0.1, 0.15) is 0 Å². The largest absolute Gasteiger partial charge is 0.399 e. The average molecular weight is 304 g/mol. The molecule has 0 saturated heterocycles. The number of nitrogens with two attached hydrogens (primary N) is 1. The molecule has 0 radical (unpaired) electrons. The monoisotopic (exact) mass is 304 g/mol. The van der Waals surface area contributed by atoms with Crippen LogP contribution in [0.4, 0.5) is 11.4 Å². The molecule has 2 aromatic rings. The highest BCUT2D eigenvalue weighted by Gasteiger charge is 2.20. The molecule has 2 N–H and O–H groups in total. The number of carbonyl (C=O) groups is 1. The number of nitrogens with zero attached hydrogens (tertiary/aromatic N) is 1. The van der Waals surface area contributed by atoms with E-state index in [9.17, 15) is 4.79 Å². The number of benzene rings is 1. The summed E-state index contributed by atoms with van der Waals surface area (Å²) in [6.45, 7) is 0. The molecule has 1 aromatic carbocycles. The van der Waals surface area contributed by atoms with Gasteiger partial charge in [-0.25, -0.2) is 0 Å². The smallest absolute Gasteiger partial charge is 0.268 e. The average Bonchev–Trinajstić information content (AvgIpc) is 2.89. The Kier molecular flexibility index (Phi) is 3.72. The lowest BCUT2D eigenvalue weighted by atomic mass is 10.2. The molecule has 1 aromatic heterocycles. The summed E-state index contributed by atoms with van der Waals surface area (Å²) in [5.41, 5.74) is 8.61. The normalized spacial score (nSPS) is 13.8. The molecule has 0 atom stereocenters.